The van der Waals surface area contributed by atoms with E-state index in [4.69, 9.17) is 9.47 Å². The smallest absolute Gasteiger partial charge is 0.260 e. The van der Waals surface area contributed by atoms with Gasteiger partial charge in [-0.3, -0.25) is 9.69 Å². The van der Waals surface area contributed by atoms with Crippen molar-refractivity contribution in [2.24, 2.45) is 0 Å². The van der Waals surface area contributed by atoms with Gasteiger partial charge in [0.05, 0.1) is 7.11 Å². The number of piperazine rings is 1. The Morgan fingerprint density at radius 1 is 0.963 bits per heavy atom. The number of methoxy groups -OCH3 is 1. The first-order valence-electron chi connectivity index (χ1n) is 9.23. The molecule has 1 aliphatic heterocycles. The highest BCUT2D eigenvalue weighted by Crippen LogP contribution is 2.17. The Morgan fingerprint density at radius 2 is 1.63 bits per heavy atom. The Labute approximate surface area is 160 Å². The summed E-state index contributed by atoms with van der Waals surface area (Å²) in [6.07, 6.45) is 4.32. The summed E-state index contributed by atoms with van der Waals surface area (Å²) in [4.78, 5) is 16.6. The van der Waals surface area contributed by atoms with Gasteiger partial charge in [0, 0.05) is 32.7 Å². The molecule has 2 aromatic rings. The molecule has 1 saturated heterocycles. The molecule has 27 heavy (non-hydrogen) atoms. The van der Waals surface area contributed by atoms with Gasteiger partial charge in [-0.15, -0.1) is 0 Å². The molecule has 5 nitrogen and oxygen atoms in total. The summed E-state index contributed by atoms with van der Waals surface area (Å²) in [6, 6.07) is 17.5. The zero-order valence-corrected chi connectivity index (χ0v) is 15.7. The molecule has 0 aromatic heterocycles. The molecular weight excluding hydrogens is 340 g/mol. The van der Waals surface area contributed by atoms with Gasteiger partial charge >= 0.3 is 0 Å². The molecule has 0 spiro atoms. The van der Waals surface area contributed by atoms with Crippen molar-refractivity contribution in [3.8, 4) is 11.5 Å². The number of nitrogens with zero attached hydrogens (tertiary/aromatic N) is 2. The van der Waals surface area contributed by atoms with Crippen molar-refractivity contribution in [3.63, 3.8) is 0 Å². The molecule has 1 heterocycles. The van der Waals surface area contributed by atoms with Gasteiger partial charge in [0.15, 0.2) is 6.61 Å². The highest BCUT2D eigenvalue weighted by atomic mass is 16.5. The van der Waals surface area contributed by atoms with E-state index < -0.39 is 0 Å². The van der Waals surface area contributed by atoms with E-state index in [0.717, 1.165) is 38.5 Å². The number of carbonyl (C=O) groups excluding carboxylic acids is 1. The zero-order valence-electron chi connectivity index (χ0n) is 15.7. The van der Waals surface area contributed by atoms with Gasteiger partial charge in [0.25, 0.3) is 5.91 Å². The third kappa shape index (κ3) is 5.86. The first kappa shape index (κ1) is 19.0. The van der Waals surface area contributed by atoms with Gasteiger partial charge in [0.2, 0.25) is 0 Å². The molecule has 5 heteroatoms. The molecule has 0 aliphatic carbocycles. The van der Waals surface area contributed by atoms with Crippen molar-refractivity contribution in [3.05, 3.63) is 66.2 Å². The molecule has 1 aliphatic rings. The van der Waals surface area contributed by atoms with Crippen LogP contribution < -0.4 is 9.47 Å². The minimum Gasteiger partial charge on any atom is -0.497 e. The number of hydrogen-bond acceptors (Lipinski definition) is 4. The maximum atomic E-state index is 12.3. The van der Waals surface area contributed by atoms with Gasteiger partial charge in [-0.25, -0.2) is 0 Å². The van der Waals surface area contributed by atoms with E-state index in [1.54, 1.807) is 7.11 Å². The number of amides is 1. The first-order valence-corrected chi connectivity index (χ1v) is 9.23. The maximum absolute atomic E-state index is 12.3. The normalized spacial score (nSPS) is 15.1. The summed E-state index contributed by atoms with van der Waals surface area (Å²) in [5.74, 6) is 1.48. The van der Waals surface area contributed by atoms with E-state index in [1.807, 2.05) is 47.4 Å². The van der Waals surface area contributed by atoms with Crippen molar-refractivity contribution in [1.82, 2.24) is 9.80 Å². The Hall–Kier alpha value is -2.79. The maximum Gasteiger partial charge on any atom is 0.260 e. The molecule has 2 aromatic carbocycles. The third-order valence-electron chi connectivity index (χ3n) is 4.62. The van der Waals surface area contributed by atoms with E-state index in [1.165, 1.54) is 5.56 Å². The van der Waals surface area contributed by atoms with E-state index in [9.17, 15) is 4.79 Å². The van der Waals surface area contributed by atoms with Gasteiger partial charge in [-0.1, -0.05) is 42.5 Å². The second kappa shape index (κ2) is 9.78. The van der Waals surface area contributed by atoms with Crippen molar-refractivity contribution in [2.45, 2.75) is 0 Å². The number of rotatable bonds is 7. The third-order valence-corrected chi connectivity index (χ3v) is 4.62. The first-order chi connectivity index (χ1) is 13.2. The van der Waals surface area contributed by atoms with Crippen LogP contribution in [0.5, 0.6) is 11.5 Å². The van der Waals surface area contributed by atoms with Crippen LogP contribution in [0.1, 0.15) is 5.56 Å². The molecule has 0 bridgehead atoms. The fourth-order valence-electron chi connectivity index (χ4n) is 2.99. The molecule has 142 valence electrons. The van der Waals surface area contributed by atoms with Crippen LogP contribution in [0.25, 0.3) is 6.08 Å². The van der Waals surface area contributed by atoms with Crippen LogP contribution >= 0.6 is 0 Å². The average Bonchev–Trinajstić information content (AvgIpc) is 2.73. The van der Waals surface area contributed by atoms with Crippen LogP contribution in [0.3, 0.4) is 0 Å². The second-order valence-electron chi connectivity index (χ2n) is 6.46. The van der Waals surface area contributed by atoms with E-state index in [0.29, 0.717) is 5.75 Å². The van der Waals surface area contributed by atoms with Crippen LogP contribution in [0, 0.1) is 0 Å². The number of benzene rings is 2. The summed E-state index contributed by atoms with van der Waals surface area (Å²) in [6.45, 7) is 4.22. The highest BCUT2D eigenvalue weighted by Gasteiger charge is 2.20. The summed E-state index contributed by atoms with van der Waals surface area (Å²) in [5.41, 5.74) is 1.21. The standard InChI is InChI=1S/C22H26N2O3/c1-26-20-9-11-21(12-10-20)27-18-22(25)24-16-14-23(15-17-24)13-5-8-19-6-3-2-4-7-19/h2-12H,13-18H2,1H3/b8-5+. The summed E-state index contributed by atoms with van der Waals surface area (Å²) in [7, 11) is 1.62. The fraction of sp³-hybridized carbons (Fsp3) is 0.318. The van der Waals surface area contributed by atoms with Gasteiger partial charge < -0.3 is 14.4 Å². The number of ether oxygens (including phenoxy) is 2. The number of hydrogen-bond donors (Lipinski definition) is 0. The average molecular weight is 366 g/mol. The lowest BCUT2D eigenvalue weighted by molar-refractivity contribution is -0.135. The minimum absolute atomic E-state index is 0.0327. The predicted molar refractivity (Wildman–Crippen MR) is 107 cm³/mol. The van der Waals surface area contributed by atoms with Gasteiger partial charge in [-0.05, 0) is 29.8 Å². The number of carbonyl (C=O) groups is 1. The van der Waals surface area contributed by atoms with Crippen molar-refractivity contribution < 1.29 is 14.3 Å². The molecule has 0 unspecified atom stereocenters. The molecule has 3 rings (SSSR count). The second-order valence-corrected chi connectivity index (χ2v) is 6.46. The monoisotopic (exact) mass is 366 g/mol. The molecular formula is C22H26N2O3. The van der Waals surface area contributed by atoms with Crippen molar-refractivity contribution in [1.29, 1.82) is 0 Å². The van der Waals surface area contributed by atoms with Gasteiger partial charge in [0.1, 0.15) is 11.5 Å². The van der Waals surface area contributed by atoms with Crippen molar-refractivity contribution >= 4 is 12.0 Å². The molecule has 0 N–H and O–H groups in total. The lowest BCUT2D eigenvalue weighted by Crippen LogP contribution is -2.49. The fourth-order valence-corrected chi connectivity index (χ4v) is 2.99. The van der Waals surface area contributed by atoms with Crippen LogP contribution in [-0.4, -0.2) is 62.1 Å². The minimum atomic E-state index is 0.0327. The van der Waals surface area contributed by atoms with E-state index >= 15 is 0 Å². The SMILES string of the molecule is COc1ccc(OCC(=O)N2CCN(C/C=C/c3ccccc3)CC2)cc1. The predicted octanol–water partition coefficient (Wildman–Crippen LogP) is 2.93. The molecule has 0 radical (unpaired) electrons. The van der Waals surface area contributed by atoms with Crippen LogP contribution in [0.4, 0.5) is 0 Å². The lowest BCUT2D eigenvalue weighted by Gasteiger charge is -2.34. The summed E-state index contributed by atoms with van der Waals surface area (Å²) >= 11 is 0. The summed E-state index contributed by atoms with van der Waals surface area (Å²) in [5, 5.41) is 0. The van der Waals surface area contributed by atoms with Crippen LogP contribution in [0.15, 0.2) is 60.7 Å². The quantitative estimate of drug-likeness (QED) is 0.756. The van der Waals surface area contributed by atoms with E-state index in [-0.39, 0.29) is 12.5 Å². The summed E-state index contributed by atoms with van der Waals surface area (Å²) < 4.78 is 10.7. The van der Waals surface area contributed by atoms with Crippen LogP contribution in [0.2, 0.25) is 0 Å². The Balaban J connectivity index is 1.37. The Morgan fingerprint density at radius 3 is 2.30 bits per heavy atom. The topological polar surface area (TPSA) is 42.0 Å². The highest BCUT2D eigenvalue weighted by molar-refractivity contribution is 5.77. The van der Waals surface area contributed by atoms with Gasteiger partial charge in [-0.2, -0.15) is 0 Å². The van der Waals surface area contributed by atoms with E-state index in [2.05, 4.69) is 29.2 Å². The Kier molecular flexibility index (Phi) is 6.88. The zero-order chi connectivity index (χ0) is 18.9. The van der Waals surface area contributed by atoms with Crippen LogP contribution in [-0.2, 0) is 4.79 Å². The van der Waals surface area contributed by atoms with Crippen molar-refractivity contribution in [2.75, 3.05) is 46.4 Å². The molecule has 0 saturated carbocycles. The Bertz CT molecular complexity index is 736. The lowest BCUT2D eigenvalue weighted by atomic mass is 10.2. The molecule has 0 atom stereocenters. The molecule has 1 fully saturated rings. The molecule has 1 amide bonds. The largest absolute Gasteiger partial charge is 0.497 e.